The van der Waals surface area contributed by atoms with Crippen LogP contribution in [0.15, 0.2) is 109 Å². The monoisotopic (exact) mass is 1440 g/mol. The largest absolute Gasteiger partial charge is 0.394 e. The second kappa shape index (κ2) is 62.5. The zero-order valence-corrected chi connectivity index (χ0v) is 62.8. The molecule has 1 amide bonds. The van der Waals surface area contributed by atoms with Crippen LogP contribution in [0, 0.1) is 0 Å². The average Bonchev–Trinajstić information content (AvgIpc) is 0.782. The third-order valence-electron chi connectivity index (χ3n) is 19.3. The third kappa shape index (κ3) is 42.1. The molecule has 3 rings (SSSR count). The van der Waals surface area contributed by atoms with Crippen LogP contribution >= 0.6 is 0 Å². The zero-order chi connectivity index (χ0) is 73.9. The van der Waals surface area contributed by atoms with Crippen LogP contribution in [-0.2, 0) is 33.2 Å². The van der Waals surface area contributed by atoms with Crippen LogP contribution < -0.4 is 5.32 Å². The molecular weight excluding hydrogens is 1300 g/mol. The minimum atomic E-state index is -1.99. The molecule has 588 valence electrons. The van der Waals surface area contributed by atoms with Gasteiger partial charge in [0.05, 0.1) is 38.6 Å². The number of nitrogens with one attached hydrogen (secondary N) is 1. The van der Waals surface area contributed by atoms with Gasteiger partial charge in [0.15, 0.2) is 18.9 Å². The molecule has 0 spiro atoms. The van der Waals surface area contributed by atoms with Crippen molar-refractivity contribution in [1.82, 2.24) is 5.32 Å². The van der Waals surface area contributed by atoms with Gasteiger partial charge in [-0.05, 0) is 96.3 Å². The molecule has 3 aliphatic rings. The fraction of sp³-hybridized carbons (Fsp3) is 0.771. The van der Waals surface area contributed by atoms with E-state index in [0.717, 1.165) is 109 Å². The summed E-state index contributed by atoms with van der Waals surface area (Å²) in [6, 6.07) is -1.01. The number of hydrogen-bond donors (Lipinski definition) is 12. The highest BCUT2D eigenvalue weighted by atomic mass is 16.8. The number of carbonyl (C=O) groups is 1. The summed E-state index contributed by atoms with van der Waals surface area (Å²) in [5.41, 5.74) is 0. The van der Waals surface area contributed by atoms with Crippen molar-refractivity contribution < 1.29 is 89.4 Å². The zero-order valence-electron chi connectivity index (χ0n) is 62.8. The van der Waals surface area contributed by atoms with E-state index in [9.17, 15) is 61.0 Å². The van der Waals surface area contributed by atoms with Gasteiger partial charge in [-0.2, -0.15) is 0 Å². The molecule has 17 atom stereocenters. The summed E-state index contributed by atoms with van der Waals surface area (Å²) in [6.45, 7) is 1.60. The molecule has 0 aromatic rings. The molecule has 0 bridgehead atoms. The first-order valence-corrected chi connectivity index (χ1v) is 40.1. The van der Waals surface area contributed by atoms with Gasteiger partial charge in [-0.3, -0.25) is 4.79 Å². The number of rotatable bonds is 62. The van der Waals surface area contributed by atoms with Crippen molar-refractivity contribution >= 4 is 5.91 Å². The smallest absolute Gasteiger partial charge is 0.220 e. The molecule has 17 unspecified atom stereocenters. The summed E-state index contributed by atoms with van der Waals surface area (Å²) < 4.78 is 34.4. The topological polar surface area (TPSA) is 307 Å². The quantitative estimate of drug-likeness (QED) is 0.0199. The van der Waals surface area contributed by atoms with E-state index in [2.05, 4.69) is 116 Å². The predicted octanol–water partition coefficient (Wildman–Crippen LogP) is 13.3. The summed E-state index contributed by atoms with van der Waals surface area (Å²) in [6.07, 6.45) is 59.3. The molecule has 12 N–H and O–H groups in total. The van der Waals surface area contributed by atoms with Crippen molar-refractivity contribution in [2.75, 3.05) is 26.4 Å². The minimum absolute atomic E-state index is 0.215. The van der Waals surface area contributed by atoms with Crippen LogP contribution in [0.25, 0.3) is 0 Å². The van der Waals surface area contributed by atoms with Crippen LogP contribution in [0.4, 0.5) is 0 Å². The van der Waals surface area contributed by atoms with Gasteiger partial charge in [0.25, 0.3) is 0 Å². The van der Waals surface area contributed by atoms with E-state index in [-0.39, 0.29) is 18.9 Å². The fourth-order valence-electron chi connectivity index (χ4n) is 12.9. The lowest BCUT2D eigenvalue weighted by Crippen LogP contribution is -2.66. The number of aliphatic hydroxyl groups is 11. The third-order valence-corrected chi connectivity index (χ3v) is 19.3. The fourth-order valence-corrected chi connectivity index (χ4v) is 12.9. The van der Waals surface area contributed by atoms with Gasteiger partial charge in [0.2, 0.25) is 5.91 Å². The Morgan fingerprint density at radius 1 is 0.363 bits per heavy atom. The maximum absolute atomic E-state index is 13.5. The molecule has 0 radical (unpaired) electrons. The molecule has 0 aromatic carbocycles. The van der Waals surface area contributed by atoms with Crippen LogP contribution in [0.1, 0.15) is 277 Å². The van der Waals surface area contributed by atoms with Gasteiger partial charge in [-0.25, -0.2) is 0 Å². The molecule has 3 heterocycles. The molecule has 3 aliphatic heterocycles. The van der Waals surface area contributed by atoms with E-state index in [1.54, 1.807) is 6.08 Å². The number of amides is 1. The van der Waals surface area contributed by atoms with Gasteiger partial charge in [0, 0.05) is 6.42 Å². The van der Waals surface area contributed by atoms with Crippen molar-refractivity contribution in [3.05, 3.63) is 109 Å². The highest BCUT2D eigenvalue weighted by Gasteiger charge is 2.54. The van der Waals surface area contributed by atoms with Gasteiger partial charge < -0.3 is 89.9 Å². The Hall–Kier alpha value is -3.55. The lowest BCUT2D eigenvalue weighted by Gasteiger charge is -2.48. The predicted molar refractivity (Wildman–Crippen MR) is 406 cm³/mol. The van der Waals surface area contributed by atoms with E-state index < -0.39 is 124 Å². The van der Waals surface area contributed by atoms with Crippen LogP contribution in [-0.4, -0.2) is 193 Å². The van der Waals surface area contributed by atoms with E-state index in [4.69, 9.17) is 28.4 Å². The number of ether oxygens (including phenoxy) is 6. The van der Waals surface area contributed by atoms with E-state index in [1.165, 1.54) is 135 Å². The average molecular weight is 1440 g/mol. The van der Waals surface area contributed by atoms with Gasteiger partial charge in [-0.15, -0.1) is 0 Å². The Kier molecular flexibility index (Phi) is 56.8. The molecule has 19 nitrogen and oxygen atoms in total. The minimum Gasteiger partial charge on any atom is -0.394 e. The molecule has 3 fully saturated rings. The normalized spacial score (nSPS) is 26.8. The first kappa shape index (κ1) is 92.7. The Morgan fingerprint density at radius 2 is 0.686 bits per heavy atom. The molecule has 0 aromatic heterocycles. The lowest BCUT2D eigenvalue weighted by molar-refractivity contribution is -0.379. The first-order valence-electron chi connectivity index (χ1n) is 40.1. The van der Waals surface area contributed by atoms with E-state index >= 15 is 0 Å². The second-order valence-corrected chi connectivity index (χ2v) is 28.1. The Bertz CT molecular complexity index is 2270. The summed E-state index contributed by atoms with van der Waals surface area (Å²) >= 11 is 0. The maximum Gasteiger partial charge on any atom is 0.220 e. The highest BCUT2D eigenvalue weighted by Crippen LogP contribution is 2.33. The summed E-state index contributed by atoms with van der Waals surface area (Å²) in [4.78, 5) is 13.5. The van der Waals surface area contributed by atoms with Crippen LogP contribution in [0.2, 0.25) is 0 Å². The SMILES string of the molecule is CC/C=C\C/C=C\C/C=C\C/C=C\C/C=C\C/C=C\CCCCCCCCCCC(=O)NC(COC1OC(CO)C(OC2OC(CO)C(OC3OC(CO)C(O)C(O)C3O)C(O)C2O)C(O)C1O)C(O)/C=C/CC/C=C/CC/C=C/CCCCCCCCCCCCCCCCCCCCCC. The van der Waals surface area contributed by atoms with Crippen molar-refractivity contribution in [3.63, 3.8) is 0 Å². The summed E-state index contributed by atoms with van der Waals surface area (Å²) in [7, 11) is 0. The number of hydrogen-bond acceptors (Lipinski definition) is 18. The standard InChI is InChI=1S/C83H143NO18/c1-3-5-7-9-11-13-15-17-19-21-23-25-27-29-31-32-33-35-36-38-40-42-44-46-48-50-52-54-56-58-60-67(88)66(84-71(89)61-59-57-55-53-51-49-47-45-43-41-39-37-34-30-28-26-24-22-20-18-16-14-12-10-8-6-4-2)65-97-81-77(95)74(92)79(69(63-86)99-81)102-83-78(96)75(93)80(70(64-87)100-83)101-82-76(94)73(91)72(90)68(62-85)98-82/h6,8,12,14,18,20,24,26,30,34,39,41-42,44,50,52,58,60,66-70,72-83,85-88,90-96H,3-5,7,9-11,13,15-17,19,21-23,25,27-29,31-33,35-38,40,43,45-49,51,53-57,59,61-65H2,1-2H3,(H,84,89)/b8-6-,14-12-,20-18-,26-24-,34-30-,41-39-,44-42+,52-50+,60-58+. The number of allylic oxidation sites excluding steroid dienone is 17. The summed E-state index contributed by atoms with van der Waals surface area (Å²) in [5.74, 6) is -0.301. The number of carbonyl (C=O) groups excluding carboxylic acids is 1. The number of aliphatic hydroxyl groups excluding tert-OH is 11. The van der Waals surface area contributed by atoms with Gasteiger partial charge >= 0.3 is 0 Å². The molecule has 0 saturated carbocycles. The van der Waals surface area contributed by atoms with Gasteiger partial charge in [0.1, 0.15) is 73.2 Å². The first-order chi connectivity index (χ1) is 49.8. The van der Waals surface area contributed by atoms with Crippen molar-refractivity contribution in [2.24, 2.45) is 0 Å². The van der Waals surface area contributed by atoms with Crippen molar-refractivity contribution in [3.8, 4) is 0 Å². The Labute approximate surface area is 615 Å². The van der Waals surface area contributed by atoms with Crippen LogP contribution in [0.5, 0.6) is 0 Å². The lowest BCUT2D eigenvalue weighted by atomic mass is 9.96. The molecular formula is C83H143NO18. The molecule has 102 heavy (non-hydrogen) atoms. The highest BCUT2D eigenvalue weighted by molar-refractivity contribution is 5.76. The molecule has 0 aliphatic carbocycles. The van der Waals surface area contributed by atoms with E-state index in [0.29, 0.717) is 12.8 Å². The number of unbranched alkanes of at least 4 members (excludes halogenated alkanes) is 30. The van der Waals surface area contributed by atoms with Crippen LogP contribution in [0.3, 0.4) is 0 Å². The second-order valence-electron chi connectivity index (χ2n) is 28.1. The van der Waals surface area contributed by atoms with E-state index in [1.807, 2.05) is 6.08 Å². The Morgan fingerprint density at radius 3 is 1.10 bits per heavy atom. The maximum atomic E-state index is 13.5. The van der Waals surface area contributed by atoms with Gasteiger partial charge in [-0.1, -0.05) is 284 Å². The Balaban J connectivity index is 1.41. The van der Waals surface area contributed by atoms with Crippen molar-refractivity contribution in [2.45, 2.75) is 381 Å². The summed E-state index contributed by atoms with van der Waals surface area (Å²) in [5, 5.41) is 121. The molecule has 3 saturated heterocycles. The molecule has 19 heteroatoms. The van der Waals surface area contributed by atoms with Crippen molar-refractivity contribution in [1.29, 1.82) is 0 Å².